The smallest absolute Gasteiger partial charge is 0 e. The van der Waals surface area contributed by atoms with E-state index in [0.717, 1.165) is 6.42 Å². The number of hydrogen-bond donors (Lipinski definition) is 0. The van der Waals surface area contributed by atoms with Crippen LogP contribution < -0.4 is 0 Å². The fourth-order valence-corrected chi connectivity index (χ4v) is 1.13. The molecule has 0 spiro atoms. The van der Waals surface area contributed by atoms with Crippen molar-refractivity contribution in [2.24, 2.45) is 0 Å². The molecule has 1 radical (unpaired) electrons. The predicted octanol–water partition coefficient (Wildman–Crippen LogP) is 2.05. The van der Waals surface area contributed by atoms with Crippen LogP contribution in [0.3, 0.4) is 0 Å². The number of fused-ring (bicyclic) bond motifs is 1. The van der Waals surface area contributed by atoms with Crippen LogP contribution in [0.1, 0.15) is 11.1 Å². The van der Waals surface area contributed by atoms with Gasteiger partial charge in [-0.25, -0.2) is 0 Å². The molecule has 0 nitrogen and oxygen atoms in total. The third-order valence-electron chi connectivity index (χ3n) is 1.63. The molecule has 0 aromatic heterocycles. The Labute approximate surface area is 71.2 Å². The summed E-state index contributed by atoms with van der Waals surface area (Å²) in [6.45, 7) is 0. The van der Waals surface area contributed by atoms with Gasteiger partial charge in [0, 0.05) is 16.8 Å². The molecule has 0 aliphatic heterocycles. The Bertz CT molecular complexity index is 251. The molecule has 53 valence electrons. The number of benzene rings is 1. The zero-order valence-corrected chi connectivity index (χ0v) is 6.47. The maximum Gasteiger partial charge on any atom is 0 e. The van der Waals surface area contributed by atoms with Crippen molar-refractivity contribution in [1.82, 2.24) is 0 Å². The molecule has 10 heavy (non-hydrogen) atoms. The Morgan fingerprint density at radius 1 is 1.40 bits per heavy atom. The van der Waals surface area contributed by atoms with Crippen molar-refractivity contribution >= 4 is 6.08 Å². The first-order chi connectivity index (χ1) is 4.47. The van der Waals surface area contributed by atoms with Crippen LogP contribution >= 0.6 is 0 Å². The number of hydrogen-bond acceptors (Lipinski definition) is 0. The van der Waals surface area contributed by atoms with Crippen LogP contribution in [0.25, 0.3) is 6.08 Å². The van der Waals surface area contributed by atoms with Crippen molar-refractivity contribution < 1.29 is 16.8 Å². The zero-order valence-electron chi connectivity index (χ0n) is 5.43. The first-order valence-electron chi connectivity index (χ1n) is 3.12. The maximum absolute atomic E-state index is 3.04. The fourth-order valence-electron chi connectivity index (χ4n) is 1.13. The summed E-state index contributed by atoms with van der Waals surface area (Å²) in [6.07, 6.45) is 5.42. The summed E-state index contributed by atoms with van der Waals surface area (Å²) >= 11 is 0. The van der Waals surface area contributed by atoms with Crippen LogP contribution in [0, 0.1) is 6.07 Å². The van der Waals surface area contributed by atoms with Gasteiger partial charge in [0.05, 0.1) is 0 Å². The van der Waals surface area contributed by atoms with Gasteiger partial charge in [0.25, 0.3) is 0 Å². The van der Waals surface area contributed by atoms with Crippen molar-refractivity contribution in [3.05, 3.63) is 41.5 Å². The third kappa shape index (κ3) is 1.15. The van der Waals surface area contributed by atoms with E-state index < -0.39 is 0 Å². The van der Waals surface area contributed by atoms with Crippen molar-refractivity contribution in [1.29, 1.82) is 0 Å². The van der Waals surface area contributed by atoms with Gasteiger partial charge < -0.3 is 0 Å². The fraction of sp³-hybridized carbons (Fsp3) is 0.111. The molecule has 1 aliphatic rings. The van der Waals surface area contributed by atoms with Crippen LogP contribution in [0.4, 0.5) is 0 Å². The third-order valence-corrected chi connectivity index (χ3v) is 1.63. The van der Waals surface area contributed by atoms with Crippen molar-refractivity contribution in [3.8, 4) is 0 Å². The Hall–Kier alpha value is -0.534. The van der Waals surface area contributed by atoms with Crippen LogP contribution in [-0.4, -0.2) is 0 Å². The molecule has 2 rings (SSSR count). The standard InChI is InChI=1S/C9H7.Co/c1-2-5-9-7-3-6-8(9)4-1;/h1,3-5,7H,6H2;/q-1;. The zero-order chi connectivity index (χ0) is 6.10. The van der Waals surface area contributed by atoms with E-state index in [1.165, 1.54) is 11.1 Å². The molecule has 0 heterocycles. The maximum atomic E-state index is 3.04. The second-order valence-corrected chi connectivity index (χ2v) is 2.23. The monoisotopic (exact) mass is 174 g/mol. The Balaban J connectivity index is 0.000000500. The molecule has 1 aliphatic carbocycles. The quantitative estimate of drug-likeness (QED) is 0.528. The topological polar surface area (TPSA) is 0 Å². The number of allylic oxidation sites excluding steroid dienone is 1. The van der Waals surface area contributed by atoms with Gasteiger partial charge in [0.2, 0.25) is 0 Å². The summed E-state index contributed by atoms with van der Waals surface area (Å²) in [4.78, 5) is 0. The molecule has 1 aromatic rings. The predicted molar refractivity (Wildman–Crippen MR) is 38.0 cm³/mol. The van der Waals surface area contributed by atoms with E-state index in [1.54, 1.807) is 0 Å². The molecule has 0 N–H and O–H groups in total. The molecular weight excluding hydrogens is 167 g/mol. The van der Waals surface area contributed by atoms with Crippen molar-refractivity contribution in [3.63, 3.8) is 0 Å². The first kappa shape index (κ1) is 7.57. The first-order valence-corrected chi connectivity index (χ1v) is 3.12. The molecule has 0 bridgehead atoms. The van der Waals surface area contributed by atoms with E-state index in [2.05, 4.69) is 24.3 Å². The second-order valence-electron chi connectivity index (χ2n) is 2.23. The normalized spacial score (nSPS) is 12.4. The van der Waals surface area contributed by atoms with E-state index in [1.807, 2.05) is 12.1 Å². The van der Waals surface area contributed by atoms with Gasteiger partial charge in [-0.3, -0.25) is 0 Å². The largest absolute Gasteiger partial charge is 0.183 e. The minimum atomic E-state index is 0. The minimum absolute atomic E-state index is 0. The summed E-state index contributed by atoms with van der Waals surface area (Å²) in [5.74, 6) is 0. The molecule has 0 unspecified atom stereocenters. The molecule has 0 fully saturated rings. The molecule has 1 aromatic carbocycles. The molecule has 0 saturated heterocycles. The van der Waals surface area contributed by atoms with Gasteiger partial charge in [0.1, 0.15) is 0 Å². The summed E-state index contributed by atoms with van der Waals surface area (Å²) in [5, 5.41) is 0. The van der Waals surface area contributed by atoms with Crippen molar-refractivity contribution in [2.75, 3.05) is 0 Å². The summed E-state index contributed by atoms with van der Waals surface area (Å²) < 4.78 is 0. The Morgan fingerprint density at radius 3 is 3.10 bits per heavy atom. The molecular formula is C9H7Co-. The van der Waals surface area contributed by atoms with Crippen molar-refractivity contribution in [2.45, 2.75) is 6.42 Å². The number of rotatable bonds is 0. The van der Waals surface area contributed by atoms with E-state index in [4.69, 9.17) is 0 Å². The average molecular weight is 174 g/mol. The van der Waals surface area contributed by atoms with Gasteiger partial charge in [0.15, 0.2) is 0 Å². The Morgan fingerprint density at radius 2 is 2.30 bits per heavy atom. The van der Waals surface area contributed by atoms with Crippen LogP contribution in [-0.2, 0) is 23.2 Å². The van der Waals surface area contributed by atoms with Gasteiger partial charge in [-0.05, 0) is 6.42 Å². The summed E-state index contributed by atoms with van der Waals surface area (Å²) in [7, 11) is 0. The average Bonchev–Trinajstić information content (AvgIpc) is 2.33. The summed E-state index contributed by atoms with van der Waals surface area (Å²) in [5.41, 5.74) is 2.76. The van der Waals surface area contributed by atoms with E-state index in [-0.39, 0.29) is 16.8 Å². The van der Waals surface area contributed by atoms with Crippen LogP contribution in [0.5, 0.6) is 0 Å². The summed E-state index contributed by atoms with van der Waals surface area (Å²) in [6, 6.07) is 9.15. The SMILES string of the molecule is [Co].[c-]1ccc2c(c1)C=CC2. The molecule has 1 heteroatoms. The van der Waals surface area contributed by atoms with Gasteiger partial charge in [-0.2, -0.15) is 24.3 Å². The Kier molecular flexibility index (Phi) is 2.30. The van der Waals surface area contributed by atoms with Crippen LogP contribution in [0.15, 0.2) is 24.3 Å². The molecule has 0 saturated carbocycles. The van der Waals surface area contributed by atoms with Gasteiger partial charge in [-0.15, -0.1) is 17.2 Å². The second kappa shape index (κ2) is 3.04. The van der Waals surface area contributed by atoms with E-state index in [0.29, 0.717) is 0 Å². The molecule has 0 amide bonds. The van der Waals surface area contributed by atoms with Gasteiger partial charge >= 0.3 is 0 Å². The van der Waals surface area contributed by atoms with Crippen LogP contribution in [0.2, 0.25) is 0 Å². The van der Waals surface area contributed by atoms with E-state index in [9.17, 15) is 0 Å². The van der Waals surface area contributed by atoms with Gasteiger partial charge in [-0.1, -0.05) is 6.08 Å². The van der Waals surface area contributed by atoms with E-state index >= 15 is 0 Å². The minimum Gasteiger partial charge on any atom is -0.183 e. The molecule has 0 atom stereocenters.